The van der Waals surface area contributed by atoms with Gasteiger partial charge in [0.2, 0.25) is 0 Å². The van der Waals surface area contributed by atoms with E-state index in [1.54, 1.807) is 6.20 Å². The SMILES string of the molecule is Cc1c[nH+]c(C(=O)NCc2[nH]c3ccccc3[nH+]2)cn1. The molecule has 0 radical (unpaired) electrons. The highest BCUT2D eigenvalue weighted by molar-refractivity contribution is 5.90. The Morgan fingerprint density at radius 3 is 3.00 bits per heavy atom. The van der Waals surface area contributed by atoms with E-state index < -0.39 is 0 Å². The molecular formula is C14H15N5O+2. The second kappa shape index (κ2) is 5.08. The number of nitrogens with one attached hydrogen (secondary N) is 4. The van der Waals surface area contributed by atoms with Crippen molar-refractivity contribution >= 4 is 16.9 Å². The number of amides is 1. The Balaban J connectivity index is 1.69. The third-order valence-corrected chi connectivity index (χ3v) is 3.00. The first-order valence-electron chi connectivity index (χ1n) is 6.34. The van der Waals surface area contributed by atoms with Crippen LogP contribution in [0.5, 0.6) is 0 Å². The van der Waals surface area contributed by atoms with E-state index in [9.17, 15) is 4.79 Å². The number of aromatic nitrogens is 4. The van der Waals surface area contributed by atoms with E-state index in [-0.39, 0.29) is 5.91 Å². The maximum atomic E-state index is 11.9. The fourth-order valence-corrected chi connectivity index (χ4v) is 1.96. The van der Waals surface area contributed by atoms with Crippen LogP contribution in [0.2, 0.25) is 0 Å². The monoisotopic (exact) mass is 269 g/mol. The summed E-state index contributed by atoms with van der Waals surface area (Å²) in [5.74, 6) is 0.657. The molecule has 0 aliphatic rings. The summed E-state index contributed by atoms with van der Waals surface area (Å²) < 4.78 is 0. The number of imidazole rings is 1. The zero-order chi connectivity index (χ0) is 13.9. The van der Waals surface area contributed by atoms with Crippen LogP contribution in [0.4, 0.5) is 0 Å². The number of fused-ring (bicyclic) bond motifs is 1. The summed E-state index contributed by atoms with van der Waals surface area (Å²) in [4.78, 5) is 25.4. The zero-order valence-electron chi connectivity index (χ0n) is 11.0. The molecule has 4 N–H and O–H groups in total. The van der Waals surface area contributed by atoms with Crippen molar-refractivity contribution in [3.63, 3.8) is 0 Å². The van der Waals surface area contributed by atoms with Gasteiger partial charge in [-0.05, 0) is 19.1 Å². The van der Waals surface area contributed by atoms with Crippen molar-refractivity contribution in [1.29, 1.82) is 0 Å². The van der Waals surface area contributed by atoms with E-state index in [0.717, 1.165) is 22.6 Å². The molecule has 0 saturated carbocycles. The number of aromatic amines is 3. The van der Waals surface area contributed by atoms with Gasteiger partial charge < -0.3 is 5.32 Å². The molecule has 0 aliphatic carbocycles. The van der Waals surface area contributed by atoms with Gasteiger partial charge in [0.25, 0.3) is 11.5 Å². The molecule has 0 saturated heterocycles. The Morgan fingerprint density at radius 1 is 1.40 bits per heavy atom. The highest BCUT2D eigenvalue weighted by Crippen LogP contribution is 2.05. The summed E-state index contributed by atoms with van der Waals surface area (Å²) in [6.45, 7) is 2.26. The second-order valence-electron chi connectivity index (χ2n) is 4.56. The lowest BCUT2D eigenvalue weighted by molar-refractivity contribution is -0.383. The van der Waals surface area contributed by atoms with Gasteiger partial charge >= 0.3 is 5.91 Å². The van der Waals surface area contributed by atoms with Gasteiger partial charge in [-0.1, -0.05) is 12.1 Å². The van der Waals surface area contributed by atoms with Crippen LogP contribution >= 0.6 is 0 Å². The van der Waals surface area contributed by atoms with Crippen LogP contribution < -0.4 is 15.3 Å². The van der Waals surface area contributed by atoms with Crippen LogP contribution in [0.15, 0.2) is 36.7 Å². The summed E-state index contributed by atoms with van der Waals surface area (Å²) >= 11 is 0. The molecule has 3 aromatic rings. The lowest BCUT2D eigenvalue weighted by Gasteiger charge is -1.96. The molecule has 1 aromatic carbocycles. The van der Waals surface area contributed by atoms with Gasteiger partial charge in [-0.2, -0.15) is 0 Å². The standard InChI is InChI=1S/C14H13N5O/c1-9-6-16-12(7-15-9)14(20)17-8-13-18-10-4-2-3-5-11(10)19-13/h2-7H,8H2,1H3,(H,17,20)(H,18,19)/p+2. The van der Waals surface area contributed by atoms with E-state index >= 15 is 0 Å². The lowest BCUT2D eigenvalue weighted by Crippen LogP contribution is -2.31. The molecule has 6 nitrogen and oxygen atoms in total. The van der Waals surface area contributed by atoms with Crippen LogP contribution in [0.25, 0.3) is 11.0 Å². The fourth-order valence-electron chi connectivity index (χ4n) is 1.96. The summed E-state index contributed by atoms with van der Waals surface area (Å²) in [6, 6.07) is 7.88. The molecule has 1 amide bonds. The molecule has 0 bridgehead atoms. The predicted molar refractivity (Wildman–Crippen MR) is 71.6 cm³/mol. The Hall–Kier alpha value is -2.76. The molecule has 3 rings (SSSR count). The number of carbonyl (C=O) groups excluding carboxylic acids is 1. The zero-order valence-corrected chi connectivity index (χ0v) is 11.0. The third-order valence-electron chi connectivity index (χ3n) is 3.00. The summed E-state index contributed by atoms with van der Waals surface area (Å²) in [5.41, 5.74) is 3.30. The van der Waals surface area contributed by atoms with Gasteiger partial charge in [0.15, 0.2) is 17.2 Å². The van der Waals surface area contributed by atoms with E-state index in [2.05, 4.69) is 25.3 Å². The molecule has 6 heteroatoms. The normalized spacial score (nSPS) is 10.7. The molecular weight excluding hydrogens is 254 g/mol. The number of hydrogen-bond acceptors (Lipinski definition) is 2. The molecule has 0 spiro atoms. The lowest BCUT2D eigenvalue weighted by atomic mass is 10.3. The largest absolute Gasteiger partial charge is 0.335 e. The van der Waals surface area contributed by atoms with Crippen molar-refractivity contribution in [3.05, 3.63) is 53.9 Å². The average Bonchev–Trinajstić information content (AvgIpc) is 2.88. The van der Waals surface area contributed by atoms with Crippen LogP contribution in [0.1, 0.15) is 22.0 Å². The number of benzene rings is 1. The van der Waals surface area contributed by atoms with Crippen molar-refractivity contribution < 1.29 is 14.8 Å². The van der Waals surface area contributed by atoms with Crippen molar-refractivity contribution in [2.45, 2.75) is 13.5 Å². The predicted octanol–water partition coefficient (Wildman–Crippen LogP) is 0.430. The van der Waals surface area contributed by atoms with Gasteiger partial charge in [-0.25, -0.2) is 19.9 Å². The minimum Gasteiger partial charge on any atom is -0.335 e. The number of nitrogens with zero attached hydrogens (tertiary/aromatic N) is 1. The summed E-state index contributed by atoms with van der Waals surface area (Å²) in [7, 11) is 0. The van der Waals surface area contributed by atoms with E-state index in [1.165, 1.54) is 6.20 Å². The van der Waals surface area contributed by atoms with Crippen molar-refractivity contribution in [1.82, 2.24) is 15.3 Å². The highest BCUT2D eigenvalue weighted by atomic mass is 16.1. The summed E-state index contributed by atoms with van der Waals surface area (Å²) in [5, 5.41) is 2.82. The number of aryl methyl sites for hydroxylation is 1. The van der Waals surface area contributed by atoms with Gasteiger partial charge in [0.1, 0.15) is 18.4 Å². The van der Waals surface area contributed by atoms with Crippen molar-refractivity contribution in [2.24, 2.45) is 0 Å². The van der Waals surface area contributed by atoms with Gasteiger partial charge in [-0.15, -0.1) is 0 Å². The fraction of sp³-hybridized carbons (Fsp3) is 0.143. The van der Waals surface area contributed by atoms with E-state index in [0.29, 0.717) is 12.2 Å². The van der Waals surface area contributed by atoms with Crippen LogP contribution in [0, 0.1) is 6.92 Å². The average molecular weight is 269 g/mol. The van der Waals surface area contributed by atoms with Crippen molar-refractivity contribution in [2.75, 3.05) is 0 Å². The Labute approximate surface area is 115 Å². The first kappa shape index (κ1) is 12.3. The molecule has 0 atom stereocenters. The quantitative estimate of drug-likeness (QED) is 0.722. The highest BCUT2D eigenvalue weighted by Gasteiger charge is 2.15. The third kappa shape index (κ3) is 2.49. The van der Waals surface area contributed by atoms with E-state index in [4.69, 9.17) is 0 Å². The topological polar surface area (TPSA) is 86.1 Å². The second-order valence-corrected chi connectivity index (χ2v) is 4.56. The number of H-pyrrole nitrogens is 3. The smallest absolute Gasteiger partial charge is 0.318 e. The Kier molecular flexibility index (Phi) is 3.12. The van der Waals surface area contributed by atoms with Crippen LogP contribution in [-0.2, 0) is 6.54 Å². The van der Waals surface area contributed by atoms with Crippen LogP contribution in [0.3, 0.4) is 0 Å². The first-order valence-corrected chi connectivity index (χ1v) is 6.34. The molecule has 0 unspecified atom stereocenters. The Morgan fingerprint density at radius 2 is 2.25 bits per heavy atom. The number of para-hydroxylation sites is 2. The molecule has 20 heavy (non-hydrogen) atoms. The van der Waals surface area contributed by atoms with Gasteiger partial charge in [0, 0.05) is 0 Å². The first-order chi connectivity index (χ1) is 9.72. The molecule has 0 fully saturated rings. The minimum absolute atomic E-state index is 0.190. The molecule has 2 heterocycles. The number of carbonyl (C=O) groups is 1. The molecule has 2 aromatic heterocycles. The minimum atomic E-state index is -0.190. The number of hydrogen-bond donors (Lipinski definition) is 2. The van der Waals surface area contributed by atoms with E-state index in [1.807, 2.05) is 31.2 Å². The van der Waals surface area contributed by atoms with Crippen molar-refractivity contribution in [3.8, 4) is 0 Å². The Bertz CT molecular complexity index is 715. The maximum absolute atomic E-state index is 11.9. The number of rotatable bonds is 3. The van der Waals surface area contributed by atoms with Crippen LogP contribution in [-0.4, -0.2) is 15.9 Å². The molecule has 100 valence electrons. The maximum Gasteiger partial charge on any atom is 0.318 e. The molecule has 0 aliphatic heterocycles. The van der Waals surface area contributed by atoms with Gasteiger partial charge in [-0.3, -0.25) is 4.79 Å². The van der Waals surface area contributed by atoms with Gasteiger partial charge in [0.05, 0.1) is 0 Å². The summed E-state index contributed by atoms with van der Waals surface area (Å²) in [6.07, 6.45) is 3.23.